The first kappa shape index (κ1) is 19.5. The van der Waals surface area contributed by atoms with Gasteiger partial charge in [-0.2, -0.15) is 0 Å². The molecule has 1 aliphatic rings. The van der Waals surface area contributed by atoms with Crippen LogP contribution in [0.25, 0.3) is 11.1 Å². The Morgan fingerprint density at radius 2 is 1.63 bits per heavy atom. The third-order valence-electron chi connectivity index (χ3n) is 4.79. The Labute approximate surface area is 164 Å². The van der Waals surface area contributed by atoms with Crippen molar-refractivity contribution < 1.29 is 14.3 Å². The summed E-state index contributed by atoms with van der Waals surface area (Å²) in [5.41, 5.74) is 2.36. The maximum atomic E-state index is 12.5. The molecule has 27 heavy (non-hydrogen) atoms. The third kappa shape index (κ3) is 5.36. The number of carbonyl (C=O) groups is 2. The number of carbonyl (C=O) groups excluding carboxylic acids is 2. The summed E-state index contributed by atoms with van der Waals surface area (Å²) >= 11 is 1.56. The highest BCUT2D eigenvalue weighted by Gasteiger charge is 2.28. The largest absolute Gasteiger partial charge is 0.466 e. The minimum absolute atomic E-state index is 0.0628. The summed E-state index contributed by atoms with van der Waals surface area (Å²) in [4.78, 5) is 27.2. The van der Waals surface area contributed by atoms with Crippen molar-refractivity contribution in [3.63, 3.8) is 0 Å². The van der Waals surface area contributed by atoms with Gasteiger partial charge in [-0.25, -0.2) is 0 Å². The number of nitrogens with zero attached hydrogens (tertiary/aromatic N) is 1. The summed E-state index contributed by atoms with van der Waals surface area (Å²) in [6.45, 7) is 3.50. The Hall–Kier alpha value is -2.27. The van der Waals surface area contributed by atoms with Gasteiger partial charge in [-0.05, 0) is 43.0 Å². The average molecular weight is 384 g/mol. The summed E-state index contributed by atoms with van der Waals surface area (Å²) in [7, 11) is 0. The first-order valence-electron chi connectivity index (χ1n) is 9.40. The molecule has 5 heteroatoms. The number of thioether (sulfide) groups is 1. The second kappa shape index (κ2) is 9.60. The van der Waals surface area contributed by atoms with Crippen molar-refractivity contribution in [3.05, 3.63) is 54.6 Å². The maximum absolute atomic E-state index is 12.5. The van der Waals surface area contributed by atoms with Gasteiger partial charge in [0.2, 0.25) is 5.91 Å². The van der Waals surface area contributed by atoms with E-state index in [1.165, 1.54) is 11.1 Å². The summed E-state index contributed by atoms with van der Waals surface area (Å²) in [6.07, 6.45) is 1.39. The average Bonchev–Trinajstić information content (AvgIpc) is 2.73. The van der Waals surface area contributed by atoms with Crippen LogP contribution in [0.4, 0.5) is 0 Å². The number of esters is 1. The minimum Gasteiger partial charge on any atom is -0.466 e. The lowest BCUT2D eigenvalue weighted by molar-refractivity contribution is -0.151. The van der Waals surface area contributed by atoms with Gasteiger partial charge in [0.15, 0.2) is 0 Å². The van der Waals surface area contributed by atoms with Crippen molar-refractivity contribution in [2.45, 2.75) is 24.7 Å². The van der Waals surface area contributed by atoms with E-state index in [2.05, 4.69) is 36.4 Å². The lowest BCUT2D eigenvalue weighted by Crippen LogP contribution is -2.41. The molecule has 0 aliphatic carbocycles. The highest BCUT2D eigenvalue weighted by molar-refractivity contribution is 8.00. The topological polar surface area (TPSA) is 46.6 Å². The lowest BCUT2D eigenvalue weighted by atomic mass is 9.97. The Balaban J connectivity index is 1.46. The van der Waals surface area contributed by atoms with Crippen molar-refractivity contribution in [1.82, 2.24) is 4.90 Å². The Morgan fingerprint density at radius 1 is 1.00 bits per heavy atom. The second-order valence-electron chi connectivity index (χ2n) is 6.59. The number of piperidine rings is 1. The minimum atomic E-state index is -0.127. The summed E-state index contributed by atoms with van der Waals surface area (Å²) in [5, 5.41) is 0. The van der Waals surface area contributed by atoms with Crippen LogP contribution in [-0.4, -0.2) is 42.2 Å². The number of benzene rings is 2. The standard InChI is InChI=1S/C22H25NO3S/c1-2-26-22(25)19-12-14-23(15-13-19)21(24)16-27-20-10-8-18(9-11-20)17-6-4-3-5-7-17/h3-11,19H,2,12-16H2,1H3. The van der Waals surface area contributed by atoms with Crippen LogP contribution < -0.4 is 0 Å². The number of hydrogen-bond donors (Lipinski definition) is 0. The van der Waals surface area contributed by atoms with Gasteiger partial charge in [-0.1, -0.05) is 42.5 Å². The fourth-order valence-corrected chi connectivity index (χ4v) is 4.04. The monoisotopic (exact) mass is 383 g/mol. The molecule has 2 aromatic carbocycles. The first-order chi connectivity index (χ1) is 13.2. The fourth-order valence-electron chi connectivity index (χ4n) is 3.24. The third-order valence-corrected chi connectivity index (χ3v) is 5.79. The van der Waals surface area contributed by atoms with E-state index in [1.807, 2.05) is 30.0 Å². The summed E-state index contributed by atoms with van der Waals surface area (Å²) < 4.78 is 5.08. The molecule has 0 saturated carbocycles. The van der Waals surface area contributed by atoms with Crippen molar-refractivity contribution >= 4 is 23.6 Å². The number of likely N-dealkylation sites (tertiary alicyclic amines) is 1. The van der Waals surface area contributed by atoms with Gasteiger partial charge in [-0.3, -0.25) is 9.59 Å². The van der Waals surface area contributed by atoms with E-state index in [4.69, 9.17) is 4.74 Å². The smallest absolute Gasteiger partial charge is 0.309 e. The molecule has 3 rings (SSSR count). The second-order valence-corrected chi connectivity index (χ2v) is 7.63. The molecule has 1 fully saturated rings. The van der Waals surface area contributed by atoms with Crippen LogP contribution in [0, 0.1) is 5.92 Å². The fraction of sp³-hybridized carbons (Fsp3) is 0.364. The quantitative estimate of drug-likeness (QED) is 0.553. The van der Waals surface area contributed by atoms with Crippen LogP contribution in [-0.2, 0) is 14.3 Å². The summed E-state index contributed by atoms with van der Waals surface area (Å²) in [5.74, 6) is 0.369. The Kier molecular flexibility index (Phi) is 6.93. The van der Waals surface area contributed by atoms with E-state index in [0.29, 0.717) is 38.3 Å². The maximum Gasteiger partial charge on any atom is 0.309 e. The highest BCUT2D eigenvalue weighted by Crippen LogP contribution is 2.25. The Bertz CT molecular complexity index is 753. The predicted molar refractivity (Wildman–Crippen MR) is 109 cm³/mol. The highest BCUT2D eigenvalue weighted by atomic mass is 32.2. The van der Waals surface area contributed by atoms with Crippen LogP contribution in [0.5, 0.6) is 0 Å². The van der Waals surface area contributed by atoms with Crippen molar-refractivity contribution in [2.24, 2.45) is 5.92 Å². The summed E-state index contributed by atoms with van der Waals surface area (Å²) in [6, 6.07) is 18.6. The van der Waals surface area contributed by atoms with E-state index in [0.717, 1.165) is 4.90 Å². The van der Waals surface area contributed by atoms with Crippen molar-refractivity contribution in [2.75, 3.05) is 25.4 Å². The van der Waals surface area contributed by atoms with Gasteiger partial charge in [0, 0.05) is 18.0 Å². The van der Waals surface area contributed by atoms with Crippen LogP contribution in [0.1, 0.15) is 19.8 Å². The number of rotatable bonds is 6. The molecule has 1 aliphatic heterocycles. The lowest BCUT2D eigenvalue weighted by Gasteiger charge is -2.30. The normalized spacial score (nSPS) is 14.8. The molecule has 1 saturated heterocycles. The molecular weight excluding hydrogens is 358 g/mol. The van der Waals surface area contributed by atoms with E-state index < -0.39 is 0 Å². The SMILES string of the molecule is CCOC(=O)C1CCN(C(=O)CSc2ccc(-c3ccccc3)cc2)CC1. The number of hydrogen-bond acceptors (Lipinski definition) is 4. The zero-order valence-corrected chi connectivity index (χ0v) is 16.4. The molecule has 0 atom stereocenters. The molecular formula is C22H25NO3S. The predicted octanol–water partition coefficient (Wildman–Crippen LogP) is 4.25. The van der Waals surface area contributed by atoms with Gasteiger partial charge in [0.05, 0.1) is 18.3 Å². The number of amides is 1. The molecule has 0 spiro atoms. The molecule has 0 bridgehead atoms. The van der Waals surface area contributed by atoms with Gasteiger partial charge in [0.25, 0.3) is 0 Å². The molecule has 0 radical (unpaired) electrons. The molecule has 4 nitrogen and oxygen atoms in total. The van der Waals surface area contributed by atoms with Gasteiger partial charge >= 0.3 is 5.97 Å². The molecule has 0 aromatic heterocycles. The molecule has 0 N–H and O–H groups in total. The zero-order valence-electron chi connectivity index (χ0n) is 15.6. The van der Waals surface area contributed by atoms with E-state index in [9.17, 15) is 9.59 Å². The number of ether oxygens (including phenoxy) is 1. The van der Waals surface area contributed by atoms with Gasteiger partial charge in [-0.15, -0.1) is 11.8 Å². The molecule has 1 heterocycles. The van der Waals surface area contributed by atoms with Crippen LogP contribution in [0.3, 0.4) is 0 Å². The Morgan fingerprint density at radius 3 is 2.26 bits per heavy atom. The van der Waals surface area contributed by atoms with Gasteiger partial charge < -0.3 is 9.64 Å². The van der Waals surface area contributed by atoms with Gasteiger partial charge in [0.1, 0.15) is 0 Å². The van der Waals surface area contributed by atoms with Crippen LogP contribution in [0.15, 0.2) is 59.5 Å². The molecule has 142 valence electrons. The van der Waals surface area contributed by atoms with Crippen LogP contribution >= 0.6 is 11.8 Å². The van der Waals surface area contributed by atoms with E-state index in [-0.39, 0.29) is 17.8 Å². The van der Waals surface area contributed by atoms with Crippen molar-refractivity contribution in [1.29, 1.82) is 0 Å². The molecule has 2 aromatic rings. The zero-order chi connectivity index (χ0) is 19.1. The first-order valence-corrected chi connectivity index (χ1v) is 10.4. The van der Waals surface area contributed by atoms with E-state index in [1.54, 1.807) is 11.8 Å². The van der Waals surface area contributed by atoms with E-state index >= 15 is 0 Å². The molecule has 1 amide bonds. The van der Waals surface area contributed by atoms with Crippen molar-refractivity contribution in [3.8, 4) is 11.1 Å². The van der Waals surface area contributed by atoms with Crippen LogP contribution in [0.2, 0.25) is 0 Å². The molecule has 0 unspecified atom stereocenters.